The van der Waals surface area contributed by atoms with E-state index in [1.54, 1.807) is 0 Å². The van der Waals surface area contributed by atoms with E-state index in [0.717, 1.165) is 30.7 Å². The molecule has 0 aliphatic heterocycles. The van der Waals surface area contributed by atoms with Crippen LogP contribution in [0.15, 0.2) is 23.3 Å². The third-order valence-corrected chi connectivity index (χ3v) is 1.76. The van der Waals surface area contributed by atoms with E-state index >= 15 is 0 Å². The van der Waals surface area contributed by atoms with Gasteiger partial charge in [-0.1, -0.05) is 29.8 Å². The van der Waals surface area contributed by atoms with Crippen LogP contribution in [0, 0.1) is 7.43 Å². The van der Waals surface area contributed by atoms with Crippen molar-refractivity contribution < 1.29 is 20.4 Å². The summed E-state index contributed by atoms with van der Waals surface area (Å²) >= 11 is 5.82. The Morgan fingerprint density at radius 2 is 1.73 bits per heavy atom. The average molecular weight is 264 g/mol. The SMILES string of the molecule is ClC1=CCCC=CCC1.[CH3-].[Pd+2]. The first-order valence-corrected chi connectivity index (χ1v) is 3.77. The molecule has 1 aliphatic rings. The molecule has 0 N–H and O–H groups in total. The van der Waals surface area contributed by atoms with Crippen LogP contribution in [0.4, 0.5) is 0 Å². The summed E-state index contributed by atoms with van der Waals surface area (Å²) in [5.41, 5.74) is 0. The van der Waals surface area contributed by atoms with Gasteiger partial charge < -0.3 is 7.43 Å². The second-order valence-electron chi connectivity index (χ2n) is 2.24. The van der Waals surface area contributed by atoms with E-state index in [4.69, 9.17) is 11.6 Å². The number of hydrogen-bond acceptors (Lipinski definition) is 0. The number of allylic oxidation sites excluding steroid dienone is 4. The predicted octanol–water partition coefficient (Wildman–Crippen LogP) is 3.69. The quantitative estimate of drug-likeness (QED) is 0.355. The summed E-state index contributed by atoms with van der Waals surface area (Å²) in [6.07, 6.45) is 10.9. The van der Waals surface area contributed by atoms with Crippen molar-refractivity contribution in [2.45, 2.75) is 25.7 Å². The molecule has 0 aromatic rings. The maximum absolute atomic E-state index is 5.82. The Kier molecular flexibility index (Phi) is 10.8. The van der Waals surface area contributed by atoms with Gasteiger partial charge in [0.15, 0.2) is 0 Å². The van der Waals surface area contributed by atoms with Crippen molar-refractivity contribution in [3.8, 4) is 0 Å². The summed E-state index contributed by atoms with van der Waals surface area (Å²) in [7, 11) is 0. The van der Waals surface area contributed by atoms with Gasteiger partial charge >= 0.3 is 20.4 Å². The van der Waals surface area contributed by atoms with Gasteiger partial charge in [0, 0.05) is 5.03 Å². The normalized spacial score (nSPS) is 16.6. The van der Waals surface area contributed by atoms with E-state index in [9.17, 15) is 0 Å². The predicted molar refractivity (Wildman–Crippen MR) is 48.0 cm³/mol. The molecule has 0 saturated heterocycles. The standard InChI is InChI=1S/C8H11Cl.CH3.Pd/c9-8-6-4-2-1-3-5-7-8;;/h1-2,7H,3-6H2;1H3;/q;-1;+2. The molecular formula is C9H14ClPd+. The Labute approximate surface area is 88.4 Å². The Balaban J connectivity index is 0. The minimum Gasteiger partial charge on any atom is -0.358 e. The van der Waals surface area contributed by atoms with Crippen molar-refractivity contribution >= 4 is 11.6 Å². The number of halogens is 1. The maximum Gasteiger partial charge on any atom is 2.00 e. The Hall–Kier alpha value is 0.432. The van der Waals surface area contributed by atoms with Gasteiger partial charge in [-0.15, -0.1) is 0 Å². The molecule has 0 aromatic carbocycles. The maximum atomic E-state index is 5.82. The first-order valence-electron chi connectivity index (χ1n) is 3.39. The molecule has 66 valence electrons. The van der Waals surface area contributed by atoms with Gasteiger partial charge in [0.25, 0.3) is 0 Å². The van der Waals surface area contributed by atoms with Gasteiger partial charge in [-0.05, 0) is 25.7 Å². The van der Waals surface area contributed by atoms with Crippen molar-refractivity contribution in [1.29, 1.82) is 0 Å². The third-order valence-electron chi connectivity index (χ3n) is 1.42. The van der Waals surface area contributed by atoms with Crippen molar-refractivity contribution in [3.63, 3.8) is 0 Å². The van der Waals surface area contributed by atoms with E-state index in [2.05, 4.69) is 18.2 Å². The van der Waals surface area contributed by atoms with E-state index in [1.165, 1.54) is 0 Å². The fourth-order valence-electron chi connectivity index (χ4n) is 0.895. The summed E-state index contributed by atoms with van der Waals surface area (Å²) in [4.78, 5) is 0. The van der Waals surface area contributed by atoms with Gasteiger partial charge in [0.2, 0.25) is 0 Å². The summed E-state index contributed by atoms with van der Waals surface area (Å²) in [5.74, 6) is 0. The summed E-state index contributed by atoms with van der Waals surface area (Å²) in [6.45, 7) is 0. The topological polar surface area (TPSA) is 0 Å². The van der Waals surface area contributed by atoms with Crippen molar-refractivity contribution in [2.24, 2.45) is 0 Å². The van der Waals surface area contributed by atoms with Crippen LogP contribution >= 0.6 is 11.6 Å². The molecular weight excluding hydrogens is 250 g/mol. The Bertz CT molecular complexity index is 138. The van der Waals surface area contributed by atoms with Crippen LogP contribution in [0.5, 0.6) is 0 Å². The molecule has 1 aliphatic carbocycles. The molecule has 0 nitrogen and oxygen atoms in total. The molecule has 1 rings (SSSR count). The van der Waals surface area contributed by atoms with E-state index in [-0.39, 0.29) is 27.8 Å². The molecule has 0 spiro atoms. The number of hydrogen-bond donors (Lipinski definition) is 0. The fraction of sp³-hybridized carbons (Fsp3) is 0.444. The zero-order valence-electron chi connectivity index (χ0n) is 6.75. The molecule has 0 amide bonds. The van der Waals surface area contributed by atoms with Gasteiger partial charge in [0.05, 0.1) is 0 Å². The molecule has 2 heteroatoms. The van der Waals surface area contributed by atoms with Crippen LogP contribution in [-0.2, 0) is 20.4 Å². The molecule has 0 unspecified atom stereocenters. The summed E-state index contributed by atoms with van der Waals surface area (Å²) < 4.78 is 0. The minimum atomic E-state index is 0. The van der Waals surface area contributed by atoms with Crippen LogP contribution in [-0.4, -0.2) is 0 Å². The van der Waals surface area contributed by atoms with Crippen molar-refractivity contribution in [3.05, 3.63) is 30.7 Å². The summed E-state index contributed by atoms with van der Waals surface area (Å²) in [5, 5.41) is 1.03. The molecule has 0 saturated carbocycles. The largest absolute Gasteiger partial charge is 2.00 e. The first kappa shape index (κ1) is 14.0. The minimum absolute atomic E-state index is 0. The van der Waals surface area contributed by atoms with Gasteiger partial charge in [-0.25, -0.2) is 0 Å². The molecule has 11 heavy (non-hydrogen) atoms. The van der Waals surface area contributed by atoms with E-state index in [1.807, 2.05) is 0 Å². The first-order chi connectivity index (χ1) is 4.39. The molecule has 0 fully saturated rings. The van der Waals surface area contributed by atoms with Crippen LogP contribution in [0.3, 0.4) is 0 Å². The van der Waals surface area contributed by atoms with E-state index < -0.39 is 0 Å². The number of rotatable bonds is 0. The summed E-state index contributed by atoms with van der Waals surface area (Å²) in [6, 6.07) is 0. The molecule has 0 radical (unpaired) electrons. The van der Waals surface area contributed by atoms with Crippen molar-refractivity contribution in [1.82, 2.24) is 0 Å². The van der Waals surface area contributed by atoms with Crippen LogP contribution in [0.1, 0.15) is 25.7 Å². The van der Waals surface area contributed by atoms with Crippen LogP contribution in [0.25, 0.3) is 0 Å². The molecule has 0 atom stereocenters. The van der Waals surface area contributed by atoms with Gasteiger partial charge in [0.1, 0.15) is 0 Å². The molecule has 0 aromatic heterocycles. The van der Waals surface area contributed by atoms with E-state index in [0.29, 0.717) is 0 Å². The zero-order valence-corrected chi connectivity index (χ0v) is 9.07. The molecule has 0 bridgehead atoms. The zero-order chi connectivity index (χ0) is 6.53. The molecule has 0 heterocycles. The third kappa shape index (κ3) is 6.82. The van der Waals surface area contributed by atoms with Crippen LogP contribution in [0.2, 0.25) is 0 Å². The average Bonchev–Trinajstić information content (AvgIpc) is 1.79. The smallest absolute Gasteiger partial charge is 0.358 e. The second-order valence-corrected chi connectivity index (χ2v) is 2.72. The fourth-order valence-corrected chi connectivity index (χ4v) is 1.11. The van der Waals surface area contributed by atoms with Gasteiger partial charge in [-0.3, -0.25) is 0 Å². The van der Waals surface area contributed by atoms with Crippen LogP contribution < -0.4 is 0 Å². The Morgan fingerprint density at radius 3 is 2.45 bits per heavy atom. The second kappa shape index (κ2) is 8.53. The monoisotopic (exact) mass is 263 g/mol. The van der Waals surface area contributed by atoms with Crippen molar-refractivity contribution in [2.75, 3.05) is 0 Å². The Morgan fingerprint density at radius 1 is 1.09 bits per heavy atom. The van der Waals surface area contributed by atoms with Gasteiger partial charge in [-0.2, -0.15) is 0 Å².